The van der Waals surface area contributed by atoms with E-state index in [0.29, 0.717) is 0 Å². The molecular weight excluding hydrogens is 248 g/mol. The molecule has 1 saturated heterocycles. The third-order valence-electron chi connectivity index (χ3n) is 3.70. The van der Waals surface area contributed by atoms with E-state index in [1.165, 1.54) is 18.4 Å². The van der Waals surface area contributed by atoms with Gasteiger partial charge < -0.3 is 10.2 Å². The zero-order valence-corrected chi connectivity index (χ0v) is 11.8. The lowest BCUT2D eigenvalue weighted by Gasteiger charge is -2.18. The van der Waals surface area contributed by atoms with E-state index < -0.39 is 0 Å². The number of nitrogens with zero attached hydrogens (tertiary/aromatic N) is 3. The Balaban J connectivity index is 1.72. The average Bonchev–Trinajstić information content (AvgIpc) is 3.03. The van der Waals surface area contributed by atoms with Crippen LogP contribution in [-0.2, 0) is 0 Å². The zero-order valence-electron chi connectivity index (χ0n) is 11.8. The van der Waals surface area contributed by atoms with Gasteiger partial charge in [-0.2, -0.15) is 4.98 Å². The van der Waals surface area contributed by atoms with E-state index in [1.54, 1.807) is 0 Å². The average molecular weight is 268 g/mol. The Morgan fingerprint density at radius 1 is 1.10 bits per heavy atom. The third-order valence-corrected chi connectivity index (χ3v) is 3.70. The molecule has 0 spiro atoms. The van der Waals surface area contributed by atoms with Crippen LogP contribution in [0.1, 0.15) is 31.4 Å². The van der Waals surface area contributed by atoms with Crippen LogP contribution in [0.5, 0.6) is 0 Å². The normalized spacial score (nSPS) is 16.1. The van der Waals surface area contributed by atoms with Crippen LogP contribution in [0.15, 0.2) is 42.6 Å². The number of rotatable bonds is 4. The van der Waals surface area contributed by atoms with Gasteiger partial charge in [-0.3, -0.25) is 0 Å². The molecule has 1 fully saturated rings. The molecule has 1 aromatic heterocycles. The van der Waals surface area contributed by atoms with Crippen molar-refractivity contribution in [1.29, 1.82) is 0 Å². The molecular formula is C16H20N4. The van der Waals surface area contributed by atoms with Crippen molar-refractivity contribution in [3.8, 4) is 0 Å². The molecule has 1 atom stereocenters. The fourth-order valence-electron chi connectivity index (χ4n) is 2.55. The maximum atomic E-state index is 4.62. The van der Waals surface area contributed by atoms with Gasteiger partial charge in [-0.25, -0.2) is 4.98 Å². The molecule has 104 valence electrons. The molecule has 4 nitrogen and oxygen atoms in total. The monoisotopic (exact) mass is 268 g/mol. The molecule has 20 heavy (non-hydrogen) atoms. The molecule has 0 saturated carbocycles. The highest BCUT2D eigenvalue weighted by atomic mass is 15.3. The van der Waals surface area contributed by atoms with Gasteiger partial charge in [0, 0.05) is 25.3 Å². The van der Waals surface area contributed by atoms with Crippen LogP contribution in [0, 0.1) is 0 Å². The van der Waals surface area contributed by atoms with Crippen molar-refractivity contribution in [2.75, 3.05) is 23.3 Å². The Bertz CT molecular complexity index is 549. The van der Waals surface area contributed by atoms with Gasteiger partial charge in [-0.15, -0.1) is 0 Å². The molecule has 3 rings (SSSR count). The van der Waals surface area contributed by atoms with Crippen LogP contribution in [-0.4, -0.2) is 23.1 Å². The van der Waals surface area contributed by atoms with E-state index in [0.717, 1.165) is 24.9 Å². The topological polar surface area (TPSA) is 41.1 Å². The number of anilines is 2. The van der Waals surface area contributed by atoms with Crippen molar-refractivity contribution in [3.63, 3.8) is 0 Å². The molecule has 0 aliphatic carbocycles. The number of hydrogen-bond donors (Lipinski definition) is 1. The summed E-state index contributed by atoms with van der Waals surface area (Å²) in [4.78, 5) is 11.2. The summed E-state index contributed by atoms with van der Waals surface area (Å²) in [7, 11) is 0. The molecule has 2 heterocycles. The summed E-state index contributed by atoms with van der Waals surface area (Å²) in [6.45, 7) is 4.28. The zero-order chi connectivity index (χ0) is 13.8. The van der Waals surface area contributed by atoms with Crippen LogP contribution in [0.25, 0.3) is 0 Å². The van der Waals surface area contributed by atoms with Crippen LogP contribution in [0.4, 0.5) is 11.8 Å². The Morgan fingerprint density at radius 2 is 1.85 bits per heavy atom. The summed E-state index contributed by atoms with van der Waals surface area (Å²) >= 11 is 0. The SMILES string of the molecule is CC(Nc1ccnc(N2CCCC2)n1)c1ccccc1. The summed E-state index contributed by atoms with van der Waals surface area (Å²) < 4.78 is 0. The molecule has 4 heteroatoms. The summed E-state index contributed by atoms with van der Waals surface area (Å²) in [5.41, 5.74) is 1.26. The third kappa shape index (κ3) is 2.90. The molecule has 1 aliphatic heterocycles. The Labute approximate surface area is 119 Å². The van der Waals surface area contributed by atoms with E-state index in [2.05, 4.69) is 51.4 Å². The van der Waals surface area contributed by atoms with E-state index in [-0.39, 0.29) is 6.04 Å². The number of aromatic nitrogens is 2. The minimum absolute atomic E-state index is 0.234. The highest BCUT2D eigenvalue weighted by Gasteiger charge is 2.15. The first kappa shape index (κ1) is 12.9. The predicted molar refractivity (Wildman–Crippen MR) is 82.0 cm³/mol. The van der Waals surface area contributed by atoms with Gasteiger partial charge >= 0.3 is 0 Å². The molecule has 1 N–H and O–H groups in total. The van der Waals surface area contributed by atoms with Gasteiger partial charge in [0.1, 0.15) is 5.82 Å². The second-order valence-electron chi connectivity index (χ2n) is 5.21. The lowest BCUT2D eigenvalue weighted by atomic mass is 10.1. The van der Waals surface area contributed by atoms with Crippen LogP contribution < -0.4 is 10.2 Å². The summed E-state index contributed by atoms with van der Waals surface area (Å²) in [6, 6.07) is 12.6. The smallest absolute Gasteiger partial charge is 0.227 e. The Kier molecular flexibility index (Phi) is 3.81. The molecule has 0 radical (unpaired) electrons. The number of benzene rings is 1. The van der Waals surface area contributed by atoms with Crippen molar-refractivity contribution < 1.29 is 0 Å². The van der Waals surface area contributed by atoms with Gasteiger partial charge in [-0.1, -0.05) is 30.3 Å². The van der Waals surface area contributed by atoms with E-state index >= 15 is 0 Å². The summed E-state index contributed by atoms with van der Waals surface area (Å²) in [5.74, 6) is 1.73. The van der Waals surface area contributed by atoms with Crippen molar-refractivity contribution in [2.45, 2.75) is 25.8 Å². The first-order valence-electron chi connectivity index (χ1n) is 7.22. The molecule has 0 amide bonds. The maximum absolute atomic E-state index is 4.62. The van der Waals surface area contributed by atoms with E-state index in [1.807, 2.05) is 18.3 Å². The van der Waals surface area contributed by atoms with Crippen LogP contribution >= 0.6 is 0 Å². The minimum Gasteiger partial charge on any atom is -0.363 e. The Morgan fingerprint density at radius 3 is 2.60 bits per heavy atom. The van der Waals surface area contributed by atoms with E-state index in [4.69, 9.17) is 0 Å². The first-order chi connectivity index (χ1) is 9.83. The number of hydrogen-bond acceptors (Lipinski definition) is 4. The van der Waals surface area contributed by atoms with Gasteiger partial charge in [-0.05, 0) is 31.4 Å². The van der Waals surface area contributed by atoms with Gasteiger partial charge in [0.2, 0.25) is 5.95 Å². The minimum atomic E-state index is 0.234. The van der Waals surface area contributed by atoms with Gasteiger partial charge in [0.05, 0.1) is 0 Å². The number of nitrogens with one attached hydrogen (secondary N) is 1. The first-order valence-corrected chi connectivity index (χ1v) is 7.22. The second kappa shape index (κ2) is 5.90. The van der Waals surface area contributed by atoms with Crippen molar-refractivity contribution >= 4 is 11.8 Å². The van der Waals surface area contributed by atoms with Crippen LogP contribution in [0.3, 0.4) is 0 Å². The molecule has 1 aromatic carbocycles. The fourth-order valence-corrected chi connectivity index (χ4v) is 2.55. The lowest BCUT2D eigenvalue weighted by Crippen LogP contribution is -2.21. The van der Waals surface area contributed by atoms with Crippen molar-refractivity contribution in [1.82, 2.24) is 9.97 Å². The van der Waals surface area contributed by atoms with Gasteiger partial charge in [0.25, 0.3) is 0 Å². The largest absolute Gasteiger partial charge is 0.363 e. The Hall–Kier alpha value is -2.10. The fraction of sp³-hybridized carbons (Fsp3) is 0.375. The molecule has 1 aliphatic rings. The lowest BCUT2D eigenvalue weighted by molar-refractivity contribution is 0.856. The highest BCUT2D eigenvalue weighted by molar-refractivity contribution is 5.43. The molecule has 2 aromatic rings. The molecule has 1 unspecified atom stereocenters. The summed E-state index contributed by atoms with van der Waals surface area (Å²) in [5, 5.41) is 3.44. The standard InChI is InChI=1S/C16H20N4/c1-13(14-7-3-2-4-8-14)18-15-9-10-17-16(19-15)20-11-5-6-12-20/h2-4,7-10,13H,5-6,11-12H2,1H3,(H,17,18,19). The summed E-state index contributed by atoms with van der Waals surface area (Å²) in [6.07, 6.45) is 4.31. The quantitative estimate of drug-likeness (QED) is 0.924. The second-order valence-corrected chi connectivity index (χ2v) is 5.21. The van der Waals surface area contributed by atoms with Crippen molar-refractivity contribution in [2.24, 2.45) is 0 Å². The van der Waals surface area contributed by atoms with Crippen LogP contribution in [0.2, 0.25) is 0 Å². The van der Waals surface area contributed by atoms with Gasteiger partial charge in [0.15, 0.2) is 0 Å². The molecule has 0 bridgehead atoms. The maximum Gasteiger partial charge on any atom is 0.227 e. The predicted octanol–water partition coefficient (Wildman–Crippen LogP) is 3.25. The van der Waals surface area contributed by atoms with Crippen molar-refractivity contribution in [3.05, 3.63) is 48.2 Å². The highest BCUT2D eigenvalue weighted by Crippen LogP contribution is 2.20. The van der Waals surface area contributed by atoms with E-state index in [9.17, 15) is 0 Å².